The maximum Gasteiger partial charge on any atom is 0.338 e. The molecule has 1 aromatic heterocycles. The fourth-order valence-electron chi connectivity index (χ4n) is 1.57. The van der Waals surface area contributed by atoms with E-state index in [0.29, 0.717) is 16.1 Å². The van der Waals surface area contributed by atoms with Crippen molar-refractivity contribution in [2.24, 2.45) is 0 Å². The quantitative estimate of drug-likeness (QED) is 0.698. The molecular formula is C14H12ClFN2O2. The number of benzene rings is 1. The van der Waals surface area contributed by atoms with E-state index in [1.165, 1.54) is 19.2 Å². The average Bonchev–Trinajstić information content (AvgIpc) is 2.43. The van der Waals surface area contributed by atoms with Gasteiger partial charge in [-0.05, 0) is 25.1 Å². The first-order valence-electron chi connectivity index (χ1n) is 5.80. The Hall–Kier alpha value is -2.14. The zero-order valence-corrected chi connectivity index (χ0v) is 11.4. The second kappa shape index (κ2) is 5.88. The third-order valence-corrected chi connectivity index (χ3v) is 3.18. The van der Waals surface area contributed by atoms with Crippen LogP contribution in [0, 0.1) is 12.7 Å². The van der Waals surface area contributed by atoms with E-state index >= 15 is 0 Å². The maximum atomic E-state index is 13.5. The first-order valence-corrected chi connectivity index (χ1v) is 6.18. The number of nitrogen functional groups attached to an aromatic ring is 1. The molecule has 0 radical (unpaired) electrons. The largest absolute Gasteiger partial charge is 0.457 e. The van der Waals surface area contributed by atoms with E-state index in [4.69, 9.17) is 22.1 Å². The van der Waals surface area contributed by atoms with Gasteiger partial charge in [0.1, 0.15) is 12.4 Å². The van der Waals surface area contributed by atoms with Gasteiger partial charge >= 0.3 is 5.97 Å². The molecule has 0 aliphatic carbocycles. The smallest absolute Gasteiger partial charge is 0.338 e. The van der Waals surface area contributed by atoms with Crippen molar-refractivity contribution in [3.05, 3.63) is 58.1 Å². The van der Waals surface area contributed by atoms with Crippen molar-refractivity contribution in [3.63, 3.8) is 0 Å². The van der Waals surface area contributed by atoms with Gasteiger partial charge in [-0.1, -0.05) is 11.6 Å². The Morgan fingerprint density at radius 1 is 1.50 bits per heavy atom. The molecule has 6 heteroatoms. The lowest BCUT2D eigenvalue weighted by atomic mass is 10.1. The Balaban J connectivity index is 2.11. The summed E-state index contributed by atoms with van der Waals surface area (Å²) in [6.45, 7) is 1.52. The summed E-state index contributed by atoms with van der Waals surface area (Å²) < 4.78 is 18.6. The molecule has 2 rings (SSSR count). The first-order chi connectivity index (χ1) is 9.49. The molecule has 0 aliphatic rings. The van der Waals surface area contributed by atoms with E-state index in [1.54, 1.807) is 12.3 Å². The van der Waals surface area contributed by atoms with Gasteiger partial charge in [0.2, 0.25) is 0 Å². The van der Waals surface area contributed by atoms with Gasteiger partial charge in [-0.25, -0.2) is 9.18 Å². The Labute approximate surface area is 120 Å². The van der Waals surface area contributed by atoms with Crippen molar-refractivity contribution in [2.75, 3.05) is 5.73 Å². The van der Waals surface area contributed by atoms with E-state index in [2.05, 4.69) is 4.98 Å². The van der Waals surface area contributed by atoms with Crippen LogP contribution in [0.5, 0.6) is 0 Å². The lowest BCUT2D eigenvalue weighted by Gasteiger charge is -2.08. The fraction of sp³-hybridized carbons (Fsp3) is 0.143. The Morgan fingerprint density at radius 2 is 2.25 bits per heavy atom. The highest BCUT2D eigenvalue weighted by Crippen LogP contribution is 2.19. The Kier molecular flexibility index (Phi) is 4.20. The minimum absolute atomic E-state index is 0.0183. The van der Waals surface area contributed by atoms with Crippen LogP contribution < -0.4 is 5.73 Å². The summed E-state index contributed by atoms with van der Waals surface area (Å²) in [5.41, 5.74) is 6.81. The minimum atomic E-state index is -0.663. The molecule has 0 bridgehead atoms. The molecule has 4 nitrogen and oxygen atoms in total. The number of halogens is 2. The highest BCUT2D eigenvalue weighted by molar-refractivity contribution is 6.31. The van der Waals surface area contributed by atoms with E-state index < -0.39 is 11.8 Å². The molecule has 0 unspecified atom stereocenters. The molecule has 0 fully saturated rings. The minimum Gasteiger partial charge on any atom is -0.457 e. The van der Waals surface area contributed by atoms with Crippen LogP contribution in [-0.2, 0) is 11.3 Å². The number of nitrogens with two attached hydrogens (primary N) is 1. The lowest BCUT2D eigenvalue weighted by molar-refractivity contribution is 0.0472. The van der Waals surface area contributed by atoms with Gasteiger partial charge in [0.15, 0.2) is 0 Å². The van der Waals surface area contributed by atoms with Crippen molar-refractivity contribution in [1.82, 2.24) is 4.98 Å². The highest BCUT2D eigenvalue weighted by atomic mass is 35.5. The summed E-state index contributed by atoms with van der Waals surface area (Å²) in [6, 6.07) is 4.12. The van der Waals surface area contributed by atoms with Gasteiger partial charge < -0.3 is 10.5 Å². The van der Waals surface area contributed by atoms with E-state index in [0.717, 1.165) is 6.07 Å². The number of rotatable bonds is 3. The molecule has 0 saturated carbocycles. The van der Waals surface area contributed by atoms with Gasteiger partial charge in [-0.3, -0.25) is 4.98 Å². The number of hydrogen-bond donors (Lipinski definition) is 1. The molecule has 1 aromatic carbocycles. The van der Waals surface area contributed by atoms with Crippen molar-refractivity contribution in [3.8, 4) is 0 Å². The van der Waals surface area contributed by atoms with Gasteiger partial charge in [-0.2, -0.15) is 0 Å². The van der Waals surface area contributed by atoms with Crippen LogP contribution in [0.4, 0.5) is 10.1 Å². The highest BCUT2D eigenvalue weighted by Gasteiger charge is 2.13. The summed E-state index contributed by atoms with van der Waals surface area (Å²) in [5, 5.41) is 0.398. The summed E-state index contributed by atoms with van der Waals surface area (Å²) in [4.78, 5) is 15.7. The molecule has 0 spiro atoms. The lowest BCUT2D eigenvalue weighted by Crippen LogP contribution is -2.08. The maximum absolute atomic E-state index is 13.5. The fourth-order valence-corrected chi connectivity index (χ4v) is 1.74. The van der Waals surface area contributed by atoms with Crippen LogP contribution in [0.3, 0.4) is 0 Å². The van der Waals surface area contributed by atoms with E-state index in [9.17, 15) is 9.18 Å². The van der Waals surface area contributed by atoms with Crippen LogP contribution in [0.1, 0.15) is 21.5 Å². The second-order valence-corrected chi connectivity index (χ2v) is 4.62. The number of carbonyl (C=O) groups is 1. The van der Waals surface area contributed by atoms with Crippen molar-refractivity contribution < 1.29 is 13.9 Å². The monoisotopic (exact) mass is 294 g/mol. The van der Waals surface area contributed by atoms with E-state index in [-0.39, 0.29) is 17.9 Å². The Morgan fingerprint density at radius 3 is 2.90 bits per heavy atom. The van der Waals surface area contributed by atoms with Gasteiger partial charge in [0.25, 0.3) is 0 Å². The van der Waals surface area contributed by atoms with Crippen LogP contribution in [0.2, 0.25) is 5.02 Å². The summed E-state index contributed by atoms with van der Waals surface area (Å²) in [7, 11) is 0. The van der Waals surface area contributed by atoms with Crippen molar-refractivity contribution >= 4 is 23.3 Å². The van der Waals surface area contributed by atoms with Crippen LogP contribution >= 0.6 is 11.6 Å². The van der Waals surface area contributed by atoms with Crippen LogP contribution in [0.25, 0.3) is 0 Å². The molecule has 0 saturated heterocycles. The number of nitrogens with zero attached hydrogens (tertiary/aromatic N) is 1. The van der Waals surface area contributed by atoms with Gasteiger partial charge in [0.05, 0.1) is 10.6 Å². The predicted octanol–water partition coefficient (Wildman–Crippen LogP) is 3.12. The van der Waals surface area contributed by atoms with Crippen molar-refractivity contribution in [1.29, 1.82) is 0 Å². The van der Waals surface area contributed by atoms with Crippen molar-refractivity contribution in [2.45, 2.75) is 13.5 Å². The number of hydrogen-bond acceptors (Lipinski definition) is 4. The molecule has 0 atom stereocenters. The molecule has 104 valence electrons. The van der Waals surface area contributed by atoms with Crippen LogP contribution in [0.15, 0.2) is 30.6 Å². The number of esters is 1. The SMILES string of the molecule is Cc1c(N)cc(C(=O)OCc2ccncc2Cl)cc1F. The average molecular weight is 295 g/mol. The number of anilines is 1. The number of pyridine rings is 1. The summed E-state index contributed by atoms with van der Waals surface area (Å²) in [6.07, 6.45) is 2.99. The molecule has 0 aliphatic heterocycles. The first kappa shape index (κ1) is 14.3. The zero-order valence-electron chi connectivity index (χ0n) is 10.7. The molecule has 2 aromatic rings. The number of carbonyl (C=O) groups excluding carboxylic acids is 1. The predicted molar refractivity (Wildman–Crippen MR) is 73.9 cm³/mol. The summed E-state index contributed by atoms with van der Waals surface area (Å²) in [5.74, 6) is -1.21. The molecule has 1 heterocycles. The molecular weight excluding hydrogens is 283 g/mol. The van der Waals surface area contributed by atoms with Gasteiger partial charge in [0, 0.05) is 29.2 Å². The number of ether oxygens (including phenoxy) is 1. The third kappa shape index (κ3) is 3.05. The molecule has 0 amide bonds. The van der Waals surface area contributed by atoms with E-state index in [1.807, 2.05) is 0 Å². The van der Waals surface area contributed by atoms with Gasteiger partial charge in [-0.15, -0.1) is 0 Å². The summed E-state index contributed by atoms with van der Waals surface area (Å²) >= 11 is 5.89. The number of aromatic nitrogens is 1. The second-order valence-electron chi connectivity index (χ2n) is 4.22. The topological polar surface area (TPSA) is 65.2 Å². The molecule has 20 heavy (non-hydrogen) atoms. The van der Waals surface area contributed by atoms with Crippen LogP contribution in [-0.4, -0.2) is 11.0 Å². The third-order valence-electron chi connectivity index (χ3n) is 2.84. The standard InChI is InChI=1S/C14H12ClFN2O2/c1-8-12(16)4-10(5-13(8)17)14(19)20-7-9-2-3-18-6-11(9)15/h2-6H,7,17H2,1H3. The molecule has 2 N–H and O–H groups in total. The normalized spacial score (nSPS) is 10.3. The Bertz CT molecular complexity index is 638. The zero-order chi connectivity index (χ0) is 14.7.